The van der Waals surface area contributed by atoms with Crippen molar-refractivity contribution in [3.63, 3.8) is 0 Å². The molecule has 1 saturated carbocycles. The van der Waals surface area contributed by atoms with Gasteiger partial charge in [-0.05, 0) is 31.9 Å². The number of hydrogen-bond donors (Lipinski definition) is 1. The Kier molecular flexibility index (Phi) is 4.63. The fourth-order valence-corrected chi connectivity index (χ4v) is 3.78. The quantitative estimate of drug-likeness (QED) is 0.869. The molecular weight excluding hydrogens is 373 g/mol. The van der Waals surface area contributed by atoms with Crippen LogP contribution in [-0.4, -0.2) is 46.5 Å². The van der Waals surface area contributed by atoms with Gasteiger partial charge in [-0.1, -0.05) is 23.7 Å². The Morgan fingerprint density at radius 3 is 2.81 bits per heavy atom. The lowest BCUT2D eigenvalue weighted by Gasteiger charge is -2.25. The minimum absolute atomic E-state index is 0.145. The molecule has 1 saturated heterocycles. The summed E-state index contributed by atoms with van der Waals surface area (Å²) in [6.45, 7) is 2.37. The maximum absolute atomic E-state index is 13.2. The summed E-state index contributed by atoms with van der Waals surface area (Å²) >= 11 is 6.19. The van der Waals surface area contributed by atoms with Gasteiger partial charge < -0.3 is 14.6 Å². The third-order valence-corrected chi connectivity index (χ3v) is 5.61. The molecule has 0 unspecified atom stereocenters. The summed E-state index contributed by atoms with van der Waals surface area (Å²) in [6.07, 6.45) is 1.10. The van der Waals surface area contributed by atoms with E-state index in [9.17, 15) is 14.0 Å². The summed E-state index contributed by atoms with van der Waals surface area (Å²) in [4.78, 5) is 30.7. The molecule has 1 aromatic heterocycles. The van der Waals surface area contributed by atoms with Gasteiger partial charge in [0.1, 0.15) is 6.17 Å². The van der Waals surface area contributed by atoms with Crippen molar-refractivity contribution < 1.29 is 18.4 Å². The third kappa shape index (κ3) is 3.32. The lowest BCUT2D eigenvalue weighted by Crippen LogP contribution is -2.45. The van der Waals surface area contributed by atoms with Crippen LogP contribution < -0.4 is 5.32 Å². The minimum Gasteiger partial charge on any atom is -0.443 e. The lowest BCUT2D eigenvalue weighted by molar-refractivity contribution is -0.133. The van der Waals surface area contributed by atoms with Gasteiger partial charge >= 0.3 is 0 Å². The number of likely N-dealkylation sites (tertiary alicyclic amines) is 1. The van der Waals surface area contributed by atoms with Crippen LogP contribution in [0, 0.1) is 5.92 Å². The first-order valence-corrected chi connectivity index (χ1v) is 9.29. The van der Waals surface area contributed by atoms with Crippen molar-refractivity contribution in [2.24, 2.45) is 5.92 Å². The van der Waals surface area contributed by atoms with Crippen LogP contribution in [0.15, 0.2) is 35.1 Å². The topological polar surface area (TPSA) is 75.4 Å². The van der Waals surface area contributed by atoms with Crippen LogP contribution in [0.3, 0.4) is 0 Å². The molecule has 0 radical (unpaired) electrons. The zero-order valence-corrected chi connectivity index (χ0v) is 15.4. The van der Waals surface area contributed by atoms with Crippen LogP contribution in [0.4, 0.5) is 4.39 Å². The molecule has 1 aliphatic heterocycles. The van der Waals surface area contributed by atoms with Gasteiger partial charge in [0.25, 0.3) is 5.91 Å². The average Bonchev–Trinajstić information content (AvgIpc) is 3.04. The number of aromatic nitrogens is 1. The van der Waals surface area contributed by atoms with Gasteiger partial charge in [0, 0.05) is 18.2 Å². The fourth-order valence-electron chi connectivity index (χ4n) is 3.56. The predicted octanol–water partition coefficient (Wildman–Crippen LogP) is 3.07. The largest absolute Gasteiger partial charge is 0.443 e. The Balaban J connectivity index is 1.47. The van der Waals surface area contributed by atoms with Crippen molar-refractivity contribution in [2.45, 2.75) is 38.0 Å². The molecule has 2 aromatic rings. The van der Waals surface area contributed by atoms with Gasteiger partial charge in [0.05, 0.1) is 17.0 Å². The molecule has 4 atom stereocenters. The number of halogens is 2. The molecule has 1 aromatic carbocycles. The van der Waals surface area contributed by atoms with E-state index in [1.807, 2.05) is 6.92 Å². The van der Waals surface area contributed by atoms with E-state index in [2.05, 4.69) is 10.3 Å². The molecule has 0 bridgehead atoms. The van der Waals surface area contributed by atoms with E-state index < -0.39 is 12.1 Å². The first kappa shape index (κ1) is 18.0. The smallest absolute Gasteiger partial charge is 0.274 e. The van der Waals surface area contributed by atoms with Crippen molar-refractivity contribution in [3.05, 3.63) is 41.4 Å². The highest BCUT2D eigenvalue weighted by Crippen LogP contribution is 2.37. The zero-order chi connectivity index (χ0) is 19.1. The van der Waals surface area contributed by atoms with E-state index in [1.165, 1.54) is 6.39 Å². The Hall–Kier alpha value is -2.41. The summed E-state index contributed by atoms with van der Waals surface area (Å²) in [7, 11) is 0. The monoisotopic (exact) mass is 391 g/mol. The van der Waals surface area contributed by atoms with Crippen molar-refractivity contribution in [1.29, 1.82) is 0 Å². The van der Waals surface area contributed by atoms with Crippen LogP contribution >= 0.6 is 11.6 Å². The number of nitrogens with zero attached hydrogens (tertiary/aromatic N) is 2. The number of oxazole rings is 1. The Morgan fingerprint density at radius 1 is 1.37 bits per heavy atom. The van der Waals surface area contributed by atoms with Crippen LogP contribution in [0.1, 0.15) is 30.3 Å². The molecule has 2 fully saturated rings. The molecule has 2 amide bonds. The maximum atomic E-state index is 13.2. The van der Waals surface area contributed by atoms with E-state index in [4.69, 9.17) is 16.0 Å². The number of carbonyl (C=O) groups excluding carboxylic acids is 2. The van der Waals surface area contributed by atoms with Gasteiger partial charge in [0.2, 0.25) is 5.91 Å². The van der Waals surface area contributed by atoms with Gasteiger partial charge in [-0.3, -0.25) is 9.59 Å². The molecule has 2 heterocycles. The molecule has 4 rings (SSSR count). The van der Waals surface area contributed by atoms with Crippen molar-refractivity contribution in [1.82, 2.24) is 15.2 Å². The maximum Gasteiger partial charge on any atom is 0.274 e. The van der Waals surface area contributed by atoms with Crippen molar-refractivity contribution in [2.75, 3.05) is 6.54 Å². The predicted molar refractivity (Wildman–Crippen MR) is 97.0 cm³/mol. The highest BCUT2D eigenvalue weighted by Gasteiger charge is 2.48. The normalized spacial score (nSPS) is 26.9. The minimum atomic E-state index is -1.02. The van der Waals surface area contributed by atoms with Crippen LogP contribution in [-0.2, 0) is 4.79 Å². The Labute approximate surface area is 160 Å². The summed E-state index contributed by atoms with van der Waals surface area (Å²) < 4.78 is 18.6. The van der Waals surface area contributed by atoms with E-state index in [-0.39, 0.29) is 29.6 Å². The molecule has 27 heavy (non-hydrogen) atoms. The molecular formula is C19H19ClFN3O3. The Morgan fingerprint density at radius 2 is 2.11 bits per heavy atom. The second kappa shape index (κ2) is 6.96. The van der Waals surface area contributed by atoms with Gasteiger partial charge in [0.15, 0.2) is 17.8 Å². The number of rotatable bonds is 4. The highest BCUT2D eigenvalue weighted by atomic mass is 35.5. The summed E-state index contributed by atoms with van der Waals surface area (Å²) in [5.41, 5.74) is 0.729. The number of hydrogen-bond acceptors (Lipinski definition) is 4. The Bertz CT molecular complexity index is 887. The van der Waals surface area contributed by atoms with Crippen LogP contribution in [0.5, 0.6) is 0 Å². The summed E-state index contributed by atoms with van der Waals surface area (Å²) in [5.74, 6) is -0.760. The molecule has 2 aliphatic rings. The number of nitrogens with one attached hydrogen (secondary N) is 1. The standard InChI is InChI=1S/C19H19ClFN3O3/c1-10-15(6-7-24(10)19(26)12-8-14(12)21)23-18(25)16-17(27-9-22-16)11-4-2-3-5-13(11)20/h2-5,9-10,12,14-15H,6-8H2,1H3,(H,23,25)/t10-,12-,14-,15-/m1/s1. The molecule has 142 valence electrons. The zero-order valence-electron chi connectivity index (χ0n) is 14.7. The molecule has 0 spiro atoms. The number of benzene rings is 1. The second-order valence-electron chi connectivity index (χ2n) is 7.01. The van der Waals surface area contributed by atoms with E-state index in [0.717, 1.165) is 0 Å². The van der Waals surface area contributed by atoms with E-state index >= 15 is 0 Å². The average molecular weight is 392 g/mol. The summed E-state index contributed by atoms with van der Waals surface area (Å²) in [6, 6.07) is 6.61. The first-order chi connectivity index (χ1) is 13.0. The summed E-state index contributed by atoms with van der Waals surface area (Å²) in [5, 5.41) is 3.38. The van der Waals surface area contributed by atoms with Crippen LogP contribution in [0.25, 0.3) is 11.3 Å². The van der Waals surface area contributed by atoms with Crippen molar-refractivity contribution >= 4 is 23.4 Å². The highest BCUT2D eigenvalue weighted by molar-refractivity contribution is 6.33. The fraction of sp³-hybridized carbons (Fsp3) is 0.421. The van der Waals surface area contributed by atoms with Crippen LogP contribution in [0.2, 0.25) is 5.02 Å². The molecule has 6 nitrogen and oxygen atoms in total. The van der Waals surface area contributed by atoms with Gasteiger partial charge in [-0.15, -0.1) is 0 Å². The van der Waals surface area contributed by atoms with Crippen molar-refractivity contribution in [3.8, 4) is 11.3 Å². The number of carbonyl (C=O) groups is 2. The lowest BCUT2D eigenvalue weighted by atomic mass is 10.1. The number of alkyl halides is 1. The van der Waals surface area contributed by atoms with Gasteiger partial charge in [-0.2, -0.15) is 0 Å². The number of amides is 2. The SMILES string of the molecule is C[C@@H]1[C@H](NC(=O)c2ncoc2-c2ccccc2Cl)CCN1C(=O)[C@@H]1C[C@H]1F. The van der Waals surface area contributed by atoms with E-state index in [1.54, 1.807) is 29.2 Å². The third-order valence-electron chi connectivity index (χ3n) is 5.29. The molecule has 1 N–H and O–H groups in total. The molecule has 8 heteroatoms. The van der Waals surface area contributed by atoms with Gasteiger partial charge in [-0.25, -0.2) is 9.37 Å². The first-order valence-electron chi connectivity index (χ1n) is 8.91. The molecule has 1 aliphatic carbocycles. The van der Waals surface area contributed by atoms with E-state index in [0.29, 0.717) is 35.7 Å². The second-order valence-corrected chi connectivity index (χ2v) is 7.42.